The topological polar surface area (TPSA) is 57.4 Å². The highest BCUT2D eigenvalue weighted by molar-refractivity contribution is 6.66. The Morgan fingerprint density at radius 3 is 2.28 bits per heavy atom. The van der Waals surface area contributed by atoms with Crippen LogP contribution in [0.5, 0.6) is 0 Å². The van der Waals surface area contributed by atoms with E-state index in [9.17, 15) is 0 Å². The van der Waals surface area contributed by atoms with Crippen LogP contribution >= 0.6 is 0 Å². The van der Waals surface area contributed by atoms with Crippen LogP contribution in [0.2, 0.25) is 0 Å². The molecule has 0 radical (unpaired) electrons. The molecule has 0 unspecified atom stereocenters. The molecule has 176 valence electrons. The van der Waals surface area contributed by atoms with Crippen molar-refractivity contribution in [2.24, 2.45) is 0 Å². The second-order valence-corrected chi connectivity index (χ2v) is 10.5. The van der Waals surface area contributed by atoms with Gasteiger partial charge in [0.1, 0.15) is 11.2 Å². The van der Waals surface area contributed by atoms with Gasteiger partial charge in [0, 0.05) is 33.3 Å². The van der Waals surface area contributed by atoms with Crippen molar-refractivity contribution >= 4 is 56.3 Å². The Morgan fingerprint density at radius 1 is 0.722 bits per heavy atom. The first-order valence-corrected chi connectivity index (χ1v) is 12.3. The maximum absolute atomic E-state index is 6.40. The molecule has 6 heteroatoms. The fourth-order valence-corrected chi connectivity index (χ4v) is 5.06. The molecule has 1 aliphatic heterocycles. The molecule has 4 heterocycles. The summed E-state index contributed by atoms with van der Waals surface area (Å²) in [5, 5.41) is 4.19. The Hall–Kier alpha value is -3.74. The van der Waals surface area contributed by atoms with Crippen molar-refractivity contribution in [2.45, 2.75) is 38.9 Å². The molecule has 6 aromatic rings. The molecule has 7 rings (SSSR count). The second kappa shape index (κ2) is 7.39. The van der Waals surface area contributed by atoms with Crippen LogP contribution < -0.4 is 5.46 Å². The van der Waals surface area contributed by atoms with E-state index < -0.39 is 18.3 Å². The maximum atomic E-state index is 6.40. The van der Waals surface area contributed by atoms with Gasteiger partial charge in [-0.05, 0) is 69.6 Å². The monoisotopic (exact) mass is 472 g/mol. The average molecular weight is 472 g/mol. The van der Waals surface area contributed by atoms with E-state index >= 15 is 0 Å². The predicted molar refractivity (Wildman–Crippen MR) is 145 cm³/mol. The smallest absolute Gasteiger partial charge is 0.456 e. The summed E-state index contributed by atoms with van der Waals surface area (Å²) in [5.41, 5.74) is 5.50. The van der Waals surface area contributed by atoms with Crippen molar-refractivity contribution < 1.29 is 13.7 Å². The number of nitrogens with zero attached hydrogens (tertiary/aromatic N) is 2. The quantitative estimate of drug-likeness (QED) is 0.209. The molecule has 0 aliphatic carbocycles. The van der Waals surface area contributed by atoms with E-state index in [1.54, 1.807) is 0 Å². The van der Waals surface area contributed by atoms with Crippen molar-refractivity contribution in [1.29, 1.82) is 0 Å². The van der Waals surface area contributed by atoms with Gasteiger partial charge in [0.15, 0.2) is 0 Å². The molecule has 0 amide bonds. The van der Waals surface area contributed by atoms with E-state index in [0.717, 1.165) is 60.5 Å². The molecule has 3 aromatic heterocycles. The molecule has 0 atom stereocenters. The van der Waals surface area contributed by atoms with Crippen LogP contribution in [-0.4, -0.2) is 28.3 Å². The number of furan rings is 1. The Morgan fingerprint density at radius 2 is 1.47 bits per heavy atom. The van der Waals surface area contributed by atoms with Crippen molar-refractivity contribution in [3.63, 3.8) is 0 Å². The molecule has 5 nitrogen and oxygen atoms in total. The zero-order valence-corrected chi connectivity index (χ0v) is 20.7. The van der Waals surface area contributed by atoms with E-state index in [0.29, 0.717) is 0 Å². The van der Waals surface area contributed by atoms with Crippen LogP contribution in [-0.2, 0) is 9.31 Å². The van der Waals surface area contributed by atoms with Crippen LogP contribution in [0.3, 0.4) is 0 Å². The van der Waals surface area contributed by atoms with Crippen LogP contribution in [0.25, 0.3) is 55.0 Å². The molecule has 0 N–H and O–H groups in total. The van der Waals surface area contributed by atoms with Crippen LogP contribution in [0.15, 0.2) is 83.4 Å². The SMILES string of the molecule is CC1(C)OB(c2cccc3oc4ccc(-c5ccc6ccc7cccnc7c6n5)cc4c23)OC1(C)C. The molecule has 0 spiro atoms. The number of fused-ring (bicyclic) bond motifs is 6. The van der Waals surface area contributed by atoms with Gasteiger partial charge in [-0.1, -0.05) is 36.4 Å². The van der Waals surface area contributed by atoms with Crippen molar-refractivity contribution in [3.05, 3.63) is 79.0 Å². The summed E-state index contributed by atoms with van der Waals surface area (Å²) in [6.45, 7) is 8.29. The molecule has 1 aliphatic rings. The second-order valence-electron chi connectivity index (χ2n) is 10.5. The molecule has 0 bridgehead atoms. The fourth-order valence-electron chi connectivity index (χ4n) is 5.06. The largest absolute Gasteiger partial charge is 0.495 e. The van der Waals surface area contributed by atoms with E-state index in [1.807, 2.05) is 30.5 Å². The molecule has 0 saturated carbocycles. The summed E-state index contributed by atoms with van der Waals surface area (Å²) in [4.78, 5) is 9.64. The lowest BCUT2D eigenvalue weighted by Crippen LogP contribution is -2.41. The van der Waals surface area contributed by atoms with Gasteiger partial charge in [0.25, 0.3) is 0 Å². The minimum absolute atomic E-state index is 0.420. The van der Waals surface area contributed by atoms with Gasteiger partial charge in [0.2, 0.25) is 0 Å². The van der Waals surface area contributed by atoms with Crippen LogP contribution in [0, 0.1) is 0 Å². The van der Waals surface area contributed by atoms with Gasteiger partial charge in [-0.25, -0.2) is 4.98 Å². The summed E-state index contributed by atoms with van der Waals surface area (Å²) in [6.07, 6.45) is 1.82. The highest BCUT2D eigenvalue weighted by Crippen LogP contribution is 2.38. The van der Waals surface area contributed by atoms with Crippen LogP contribution in [0.4, 0.5) is 0 Å². The van der Waals surface area contributed by atoms with E-state index in [-0.39, 0.29) is 0 Å². The summed E-state index contributed by atoms with van der Waals surface area (Å²) in [6, 6.07) is 24.7. The Balaban J connectivity index is 1.41. The van der Waals surface area contributed by atoms with Crippen molar-refractivity contribution in [3.8, 4) is 11.3 Å². The molecular formula is C30H25BN2O3. The number of pyridine rings is 2. The Kier molecular flexibility index (Phi) is 4.42. The minimum Gasteiger partial charge on any atom is -0.456 e. The molecule has 1 fully saturated rings. The first kappa shape index (κ1) is 21.5. The molecule has 1 saturated heterocycles. The zero-order valence-electron chi connectivity index (χ0n) is 20.7. The van der Waals surface area contributed by atoms with Gasteiger partial charge in [0.05, 0.1) is 27.9 Å². The van der Waals surface area contributed by atoms with Gasteiger partial charge in [-0.15, -0.1) is 0 Å². The number of benzene rings is 3. The normalized spacial score (nSPS) is 17.1. The van der Waals surface area contributed by atoms with Crippen molar-refractivity contribution in [2.75, 3.05) is 0 Å². The lowest BCUT2D eigenvalue weighted by molar-refractivity contribution is 0.00578. The van der Waals surface area contributed by atoms with E-state index in [4.69, 9.17) is 18.7 Å². The van der Waals surface area contributed by atoms with Gasteiger partial charge >= 0.3 is 7.12 Å². The van der Waals surface area contributed by atoms with Crippen LogP contribution in [0.1, 0.15) is 27.7 Å². The first-order valence-electron chi connectivity index (χ1n) is 12.3. The lowest BCUT2D eigenvalue weighted by atomic mass is 9.76. The van der Waals surface area contributed by atoms with E-state index in [1.165, 1.54) is 0 Å². The number of hydrogen-bond donors (Lipinski definition) is 0. The minimum atomic E-state index is -0.473. The summed E-state index contributed by atoms with van der Waals surface area (Å²) < 4.78 is 19.0. The van der Waals surface area contributed by atoms with Crippen molar-refractivity contribution in [1.82, 2.24) is 9.97 Å². The number of hydrogen-bond acceptors (Lipinski definition) is 5. The predicted octanol–water partition coefficient (Wildman–Crippen LogP) is 6.65. The van der Waals surface area contributed by atoms with Gasteiger partial charge in [-0.2, -0.15) is 0 Å². The Labute approximate surface area is 209 Å². The fraction of sp³-hybridized carbons (Fsp3) is 0.200. The zero-order chi connectivity index (χ0) is 24.7. The van der Waals surface area contributed by atoms with E-state index in [2.05, 4.69) is 81.2 Å². The molecular weight excluding hydrogens is 447 g/mol. The summed E-state index contributed by atoms with van der Waals surface area (Å²) >= 11 is 0. The van der Waals surface area contributed by atoms with Gasteiger partial charge < -0.3 is 13.7 Å². The summed E-state index contributed by atoms with van der Waals surface area (Å²) in [7, 11) is -0.473. The lowest BCUT2D eigenvalue weighted by Gasteiger charge is -2.32. The standard InChI is InChI=1S/C30H25BN2O3/c1-29(2)30(3,4)36-31(35-29)22-8-5-9-25-26(22)21-17-20(13-15-24(21)34-25)23-14-12-19-11-10-18-7-6-16-32-27(18)28(19)33-23/h5-17H,1-4H3. The third kappa shape index (κ3) is 3.11. The molecule has 36 heavy (non-hydrogen) atoms. The first-order chi connectivity index (χ1) is 17.3. The average Bonchev–Trinajstić information content (AvgIpc) is 3.35. The summed E-state index contributed by atoms with van der Waals surface area (Å²) in [5.74, 6) is 0. The highest BCUT2D eigenvalue weighted by atomic mass is 16.7. The van der Waals surface area contributed by atoms with Gasteiger partial charge in [-0.3, -0.25) is 4.98 Å². The molecule has 3 aromatic carbocycles. The maximum Gasteiger partial charge on any atom is 0.495 e. The third-order valence-corrected chi connectivity index (χ3v) is 7.76. The Bertz CT molecular complexity index is 1810. The highest BCUT2D eigenvalue weighted by Gasteiger charge is 2.52. The third-order valence-electron chi connectivity index (χ3n) is 7.76. The number of rotatable bonds is 2. The number of aromatic nitrogens is 2.